The second kappa shape index (κ2) is 6.05. The molecule has 0 N–H and O–H groups in total. The third kappa shape index (κ3) is 2.90. The van der Waals surface area contributed by atoms with Gasteiger partial charge >= 0.3 is 0 Å². The zero-order valence-electron chi connectivity index (χ0n) is 11.3. The lowest BCUT2D eigenvalue weighted by atomic mass is 9.92. The van der Waals surface area contributed by atoms with Crippen LogP contribution in [0.3, 0.4) is 0 Å². The number of halogens is 2. The van der Waals surface area contributed by atoms with E-state index in [1.165, 1.54) is 0 Å². The molecule has 0 saturated carbocycles. The Morgan fingerprint density at radius 3 is 2.52 bits per heavy atom. The molecule has 2 atom stereocenters. The molecule has 0 bridgehead atoms. The summed E-state index contributed by atoms with van der Waals surface area (Å²) in [5.74, 6) is 2.96. The van der Waals surface area contributed by atoms with Crippen LogP contribution < -0.4 is 0 Å². The van der Waals surface area contributed by atoms with Crippen molar-refractivity contribution < 1.29 is 0 Å². The highest BCUT2D eigenvalue weighted by Gasteiger charge is 2.30. The van der Waals surface area contributed by atoms with Gasteiger partial charge in [-0.15, -0.1) is 12.3 Å². The minimum Gasteiger partial charge on any atom is -0.280 e. The first-order chi connectivity index (χ1) is 10.2. The third-order valence-corrected chi connectivity index (χ3v) is 4.56. The molecule has 1 unspecified atom stereocenters. The molecule has 1 nitrogen and oxygen atoms in total. The van der Waals surface area contributed by atoms with Crippen molar-refractivity contribution >= 4 is 33.2 Å². The van der Waals surface area contributed by atoms with E-state index < -0.39 is 0 Å². The van der Waals surface area contributed by atoms with Crippen LogP contribution >= 0.6 is 27.5 Å². The van der Waals surface area contributed by atoms with Gasteiger partial charge in [0.25, 0.3) is 0 Å². The van der Waals surface area contributed by atoms with Crippen molar-refractivity contribution in [3.8, 4) is 12.3 Å². The Kier molecular flexibility index (Phi) is 4.14. The summed E-state index contributed by atoms with van der Waals surface area (Å²) in [6.45, 7) is 0. The van der Waals surface area contributed by atoms with Crippen LogP contribution in [0.4, 0.5) is 0 Å². The van der Waals surface area contributed by atoms with E-state index in [0.29, 0.717) is 0 Å². The van der Waals surface area contributed by atoms with E-state index in [1.54, 1.807) is 0 Å². The molecule has 1 aliphatic heterocycles. The number of benzene rings is 2. The first kappa shape index (κ1) is 14.4. The molecule has 2 aromatic carbocycles. The van der Waals surface area contributed by atoms with Gasteiger partial charge in [0.1, 0.15) is 0 Å². The highest BCUT2D eigenvalue weighted by molar-refractivity contribution is 9.10. The summed E-state index contributed by atoms with van der Waals surface area (Å²) >= 11 is 9.72. The number of terminal acetylenes is 1. The van der Waals surface area contributed by atoms with Crippen LogP contribution in [0, 0.1) is 18.3 Å². The highest BCUT2D eigenvalue weighted by Crippen LogP contribution is 2.37. The summed E-state index contributed by atoms with van der Waals surface area (Å²) in [4.78, 5) is 4.85. The van der Waals surface area contributed by atoms with Crippen LogP contribution in [0.5, 0.6) is 0 Å². The maximum absolute atomic E-state index is 6.27. The third-order valence-electron chi connectivity index (χ3n) is 3.70. The standard InChI is InChI=1S/C18H13BrClN/c1-2-12-11-17(15-5-3-4-6-16(15)20)21-18(12)13-7-9-14(19)10-8-13/h1,3-10,12,18H,11H2/t12?,18-/m1/s1. The summed E-state index contributed by atoms with van der Waals surface area (Å²) < 4.78 is 1.05. The Bertz CT molecular complexity index is 728. The Morgan fingerprint density at radius 1 is 1.14 bits per heavy atom. The summed E-state index contributed by atoms with van der Waals surface area (Å²) in [6, 6.07) is 16.0. The lowest BCUT2D eigenvalue weighted by molar-refractivity contribution is 0.601. The summed E-state index contributed by atoms with van der Waals surface area (Å²) in [5.41, 5.74) is 3.12. The predicted molar refractivity (Wildman–Crippen MR) is 91.8 cm³/mol. The van der Waals surface area contributed by atoms with Crippen LogP contribution in [-0.4, -0.2) is 5.71 Å². The van der Waals surface area contributed by atoms with E-state index >= 15 is 0 Å². The van der Waals surface area contributed by atoms with E-state index in [4.69, 9.17) is 23.0 Å². The Labute approximate surface area is 138 Å². The second-order valence-corrected chi connectivity index (χ2v) is 6.35. The van der Waals surface area contributed by atoms with Crippen molar-refractivity contribution in [3.63, 3.8) is 0 Å². The van der Waals surface area contributed by atoms with Gasteiger partial charge < -0.3 is 0 Å². The lowest BCUT2D eigenvalue weighted by Crippen LogP contribution is -2.05. The predicted octanol–water partition coefficient (Wildman–Crippen LogP) is 5.29. The van der Waals surface area contributed by atoms with Gasteiger partial charge in [-0.25, -0.2) is 0 Å². The Balaban J connectivity index is 1.99. The van der Waals surface area contributed by atoms with E-state index in [9.17, 15) is 0 Å². The summed E-state index contributed by atoms with van der Waals surface area (Å²) in [6.07, 6.45) is 6.47. The van der Waals surface area contributed by atoms with Crippen molar-refractivity contribution in [1.29, 1.82) is 0 Å². The molecular formula is C18H13BrClN. The number of rotatable bonds is 2. The fraction of sp³-hybridized carbons (Fsp3) is 0.167. The summed E-state index contributed by atoms with van der Waals surface area (Å²) in [7, 11) is 0. The molecule has 3 rings (SSSR count). The van der Waals surface area contributed by atoms with Crippen molar-refractivity contribution in [1.82, 2.24) is 0 Å². The van der Waals surface area contributed by atoms with Gasteiger partial charge in [0.2, 0.25) is 0 Å². The van der Waals surface area contributed by atoms with Gasteiger partial charge in [0.15, 0.2) is 0 Å². The summed E-state index contributed by atoms with van der Waals surface area (Å²) in [5, 5.41) is 0.725. The first-order valence-corrected chi connectivity index (χ1v) is 7.89. The van der Waals surface area contributed by atoms with Gasteiger partial charge in [0, 0.05) is 27.2 Å². The average Bonchev–Trinajstić information content (AvgIpc) is 2.92. The number of hydrogen-bond donors (Lipinski definition) is 0. The molecule has 0 fully saturated rings. The molecule has 0 amide bonds. The van der Waals surface area contributed by atoms with E-state index in [2.05, 4.69) is 34.0 Å². The van der Waals surface area contributed by atoms with E-state index in [0.717, 1.165) is 32.8 Å². The number of nitrogens with zero attached hydrogens (tertiary/aromatic N) is 1. The van der Waals surface area contributed by atoms with E-state index in [1.807, 2.05) is 36.4 Å². The smallest absolute Gasteiger partial charge is 0.0893 e. The lowest BCUT2D eigenvalue weighted by Gasteiger charge is -2.12. The topological polar surface area (TPSA) is 12.4 Å². The van der Waals surface area contributed by atoms with Crippen LogP contribution in [0.25, 0.3) is 0 Å². The van der Waals surface area contributed by atoms with Crippen LogP contribution in [0.1, 0.15) is 23.6 Å². The van der Waals surface area contributed by atoms with Gasteiger partial charge in [-0.05, 0) is 23.8 Å². The maximum Gasteiger partial charge on any atom is 0.0893 e. The molecule has 1 heterocycles. The SMILES string of the molecule is C#CC1CC(c2ccccc2Cl)=N[C@H]1c1ccc(Br)cc1. The molecule has 3 heteroatoms. The second-order valence-electron chi connectivity index (χ2n) is 5.03. The normalized spacial score (nSPS) is 20.9. The molecular weight excluding hydrogens is 346 g/mol. The average molecular weight is 359 g/mol. The minimum absolute atomic E-state index is 0.00868. The fourth-order valence-corrected chi connectivity index (χ4v) is 3.13. The van der Waals surface area contributed by atoms with Crippen molar-refractivity contribution in [2.45, 2.75) is 12.5 Å². The molecule has 0 aliphatic carbocycles. The van der Waals surface area contributed by atoms with Gasteiger partial charge in [-0.2, -0.15) is 0 Å². The van der Waals surface area contributed by atoms with Crippen LogP contribution in [-0.2, 0) is 0 Å². The maximum atomic E-state index is 6.27. The number of aliphatic imine (C=N–C) groups is 1. The van der Waals surface area contributed by atoms with Crippen molar-refractivity contribution in [2.75, 3.05) is 0 Å². The molecule has 0 spiro atoms. The Morgan fingerprint density at radius 2 is 1.86 bits per heavy atom. The minimum atomic E-state index is 0.00868. The molecule has 2 aromatic rings. The molecule has 0 aromatic heterocycles. The largest absolute Gasteiger partial charge is 0.280 e. The van der Waals surface area contributed by atoms with Gasteiger partial charge in [-0.3, -0.25) is 4.99 Å². The monoisotopic (exact) mass is 357 g/mol. The molecule has 1 aliphatic rings. The first-order valence-electron chi connectivity index (χ1n) is 6.72. The van der Waals surface area contributed by atoms with Gasteiger partial charge in [-0.1, -0.05) is 57.9 Å². The molecule has 21 heavy (non-hydrogen) atoms. The van der Waals surface area contributed by atoms with Crippen LogP contribution in [0.15, 0.2) is 58.0 Å². The molecule has 0 saturated heterocycles. The Hall–Kier alpha value is -1.56. The fourth-order valence-electron chi connectivity index (χ4n) is 2.62. The molecule has 104 valence electrons. The zero-order valence-corrected chi connectivity index (χ0v) is 13.6. The number of hydrogen-bond acceptors (Lipinski definition) is 1. The van der Waals surface area contributed by atoms with Crippen LogP contribution in [0.2, 0.25) is 5.02 Å². The zero-order chi connectivity index (χ0) is 14.8. The van der Waals surface area contributed by atoms with Crippen molar-refractivity contribution in [3.05, 3.63) is 69.2 Å². The van der Waals surface area contributed by atoms with E-state index in [-0.39, 0.29) is 12.0 Å². The quantitative estimate of drug-likeness (QED) is 0.647. The highest BCUT2D eigenvalue weighted by atomic mass is 79.9. The van der Waals surface area contributed by atoms with Gasteiger partial charge in [0.05, 0.1) is 12.0 Å². The molecule has 0 radical (unpaired) electrons. The van der Waals surface area contributed by atoms with Crippen molar-refractivity contribution in [2.24, 2.45) is 10.9 Å².